The standard InChI is InChI=1S/C32H37F3N4O4S/c1-36-28-16-25(44(2,40)41)12-13-30(28)43-14-4-5-24-15-26-27(6-3-7-29(26)39(24)19-32(33,34)35)37-22-8-10-23(11-9-22)38-17-31(18-38)20-42-21-31/h3,6-7,12-13,15-16,22-23,36-37H,8-11,14,17-21H2,1-2H3/t22-,23+. The van der Waals surface area contributed by atoms with Crippen molar-refractivity contribution in [3.8, 4) is 17.6 Å². The molecule has 3 aromatic rings. The maximum absolute atomic E-state index is 13.6. The number of sulfone groups is 1. The van der Waals surface area contributed by atoms with E-state index in [1.807, 2.05) is 6.07 Å². The summed E-state index contributed by atoms with van der Waals surface area (Å²) in [6.07, 6.45) is 0.908. The number of halogens is 3. The van der Waals surface area contributed by atoms with Crippen molar-refractivity contribution in [2.75, 3.05) is 56.8 Å². The molecule has 1 spiro atoms. The van der Waals surface area contributed by atoms with E-state index >= 15 is 0 Å². The van der Waals surface area contributed by atoms with E-state index in [1.54, 1.807) is 25.2 Å². The molecule has 3 heterocycles. The molecule has 2 aromatic carbocycles. The molecular formula is C32H37F3N4O4S. The average molecular weight is 631 g/mol. The highest BCUT2D eigenvalue weighted by Gasteiger charge is 2.50. The van der Waals surface area contributed by atoms with Gasteiger partial charge < -0.3 is 24.7 Å². The molecule has 8 nitrogen and oxygen atoms in total. The zero-order valence-electron chi connectivity index (χ0n) is 24.8. The number of alkyl halides is 3. The molecule has 236 valence electrons. The third-order valence-electron chi connectivity index (χ3n) is 8.91. The normalized spacial score (nSPS) is 21.7. The fourth-order valence-corrected chi connectivity index (χ4v) is 7.26. The minimum atomic E-state index is -4.43. The topological polar surface area (TPSA) is 84.8 Å². The van der Waals surface area contributed by atoms with Gasteiger partial charge in [0.1, 0.15) is 18.9 Å². The number of rotatable bonds is 8. The molecule has 1 saturated carbocycles. The van der Waals surface area contributed by atoms with Crippen LogP contribution in [0.4, 0.5) is 24.5 Å². The van der Waals surface area contributed by atoms with Crippen LogP contribution in [0.1, 0.15) is 31.4 Å². The molecule has 12 heteroatoms. The molecule has 6 rings (SSSR count). The monoisotopic (exact) mass is 630 g/mol. The zero-order valence-corrected chi connectivity index (χ0v) is 25.7. The van der Waals surface area contributed by atoms with Crippen molar-refractivity contribution in [1.29, 1.82) is 0 Å². The maximum atomic E-state index is 13.6. The lowest BCUT2D eigenvalue weighted by atomic mass is 9.75. The summed E-state index contributed by atoms with van der Waals surface area (Å²) in [5.41, 5.74) is 2.39. The van der Waals surface area contributed by atoms with Crippen molar-refractivity contribution < 1.29 is 31.1 Å². The van der Waals surface area contributed by atoms with E-state index in [1.165, 1.54) is 22.8 Å². The molecule has 2 aliphatic heterocycles. The summed E-state index contributed by atoms with van der Waals surface area (Å²) in [6.45, 7) is 2.77. The van der Waals surface area contributed by atoms with Crippen molar-refractivity contribution in [1.82, 2.24) is 9.47 Å². The number of hydrogen-bond acceptors (Lipinski definition) is 7. The van der Waals surface area contributed by atoms with E-state index in [0.29, 0.717) is 33.8 Å². The van der Waals surface area contributed by atoms with Crippen molar-refractivity contribution in [2.24, 2.45) is 5.41 Å². The lowest BCUT2D eigenvalue weighted by Gasteiger charge is -2.58. The average Bonchev–Trinajstić information content (AvgIpc) is 3.26. The minimum absolute atomic E-state index is 0.0973. The number of nitrogens with one attached hydrogen (secondary N) is 2. The van der Waals surface area contributed by atoms with Crippen LogP contribution in [0.25, 0.3) is 10.9 Å². The first-order chi connectivity index (χ1) is 20.9. The summed E-state index contributed by atoms with van der Waals surface area (Å²) < 4.78 is 77.0. The highest BCUT2D eigenvalue weighted by atomic mass is 32.2. The van der Waals surface area contributed by atoms with Gasteiger partial charge in [-0.25, -0.2) is 8.42 Å². The SMILES string of the molecule is CNc1cc(S(C)(=O)=O)ccc1OCC#Cc1cc2c(N[C@H]3CC[C@@H](N4CC5(COC5)C4)CC3)cccc2n1CC(F)(F)F. The fourth-order valence-electron chi connectivity index (χ4n) is 6.62. The van der Waals surface area contributed by atoms with Gasteiger partial charge in [0.25, 0.3) is 0 Å². The summed E-state index contributed by atoms with van der Waals surface area (Å²) in [5.74, 6) is 6.10. The quantitative estimate of drug-likeness (QED) is 0.334. The maximum Gasteiger partial charge on any atom is 0.406 e. The second kappa shape index (κ2) is 11.8. The molecule has 44 heavy (non-hydrogen) atoms. The van der Waals surface area contributed by atoms with E-state index in [2.05, 4.69) is 27.4 Å². The molecular weight excluding hydrogens is 593 g/mol. The number of anilines is 2. The Morgan fingerprint density at radius 2 is 1.82 bits per heavy atom. The molecule has 0 radical (unpaired) electrons. The molecule has 3 aliphatic rings. The fraction of sp³-hybridized carbons (Fsp3) is 0.500. The van der Waals surface area contributed by atoms with Gasteiger partial charge in [0, 0.05) is 55.0 Å². The molecule has 0 amide bonds. The molecule has 1 aromatic heterocycles. The van der Waals surface area contributed by atoms with Crippen LogP contribution in [-0.2, 0) is 21.1 Å². The van der Waals surface area contributed by atoms with Crippen molar-refractivity contribution in [3.05, 3.63) is 48.2 Å². The molecule has 3 fully saturated rings. The first-order valence-electron chi connectivity index (χ1n) is 14.8. The van der Waals surface area contributed by atoms with E-state index in [0.717, 1.165) is 63.9 Å². The number of hydrogen-bond donors (Lipinski definition) is 2. The van der Waals surface area contributed by atoms with Gasteiger partial charge in [0.15, 0.2) is 9.84 Å². The first-order valence-corrected chi connectivity index (χ1v) is 16.7. The second-order valence-electron chi connectivity index (χ2n) is 12.3. The Morgan fingerprint density at radius 3 is 2.45 bits per heavy atom. The number of ether oxygens (including phenoxy) is 2. The van der Waals surface area contributed by atoms with Crippen LogP contribution in [0, 0.1) is 17.3 Å². The van der Waals surface area contributed by atoms with Gasteiger partial charge in [0.2, 0.25) is 0 Å². The van der Waals surface area contributed by atoms with Gasteiger partial charge in [0.05, 0.1) is 35.0 Å². The van der Waals surface area contributed by atoms with Crippen LogP contribution in [0.2, 0.25) is 0 Å². The highest BCUT2D eigenvalue weighted by Crippen LogP contribution is 2.41. The highest BCUT2D eigenvalue weighted by molar-refractivity contribution is 7.90. The Balaban J connectivity index is 1.16. The number of fused-ring (bicyclic) bond motifs is 1. The summed E-state index contributed by atoms with van der Waals surface area (Å²) in [5, 5.41) is 7.22. The number of nitrogens with zero attached hydrogens (tertiary/aromatic N) is 2. The predicted molar refractivity (Wildman–Crippen MR) is 164 cm³/mol. The largest absolute Gasteiger partial charge is 0.479 e. The summed E-state index contributed by atoms with van der Waals surface area (Å²) in [4.78, 5) is 2.72. The predicted octanol–water partition coefficient (Wildman–Crippen LogP) is 5.13. The molecule has 0 unspecified atom stereocenters. The van der Waals surface area contributed by atoms with E-state index in [-0.39, 0.29) is 23.2 Å². The Labute approximate surface area is 255 Å². The molecule has 0 atom stereocenters. The summed E-state index contributed by atoms with van der Waals surface area (Å²) >= 11 is 0. The van der Waals surface area contributed by atoms with Gasteiger partial charge in [-0.2, -0.15) is 13.2 Å². The molecule has 1 aliphatic carbocycles. The Bertz CT molecular complexity index is 1690. The van der Waals surface area contributed by atoms with Gasteiger partial charge in [-0.3, -0.25) is 4.90 Å². The summed E-state index contributed by atoms with van der Waals surface area (Å²) in [6, 6.07) is 12.4. The number of likely N-dealkylation sites (tertiary alicyclic amines) is 1. The lowest BCUT2D eigenvalue weighted by Crippen LogP contribution is -2.68. The van der Waals surface area contributed by atoms with E-state index in [9.17, 15) is 21.6 Å². The number of benzene rings is 2. The second-order valence-corrected chi connectivity index (χ2v) is 14.3. The van der Waals surface area contributed by atoms with Gasteiger partial charge in [-0.1, -0.05) is 12.0 Å². The van der Waals surface area contributed by atoms with Crippen LogP contribution in [0.5, 0.6) is 5.75 Å². The third-order valence-corrected chi connectivity index (χ3v) is 10.0. The Morgan fingerprint density at radius 1 is 1.07 bits per heavy atom. The Kier molecular flexibility index (Phi) is 8.24. The van der Waals surface area contributed by atoms with Crippen LogP contribution in [0.15, 0.2) is 47.4 Å². The van der Waals surface area contributed by atoms with Gasteiger partial charge in [-0.15, -0.1) is 0 Å². The van der Waals surface area contributed by atoms with Crippen molar-refractivity contribution in [2.45, 2.75) is 55.4 Å². The zero-order chi connectivity index (χ0) is 31.1. The molecule has 0 bridgehead atoms. The van der Waals surface area contributed by atoms with Crippen LogP contribution in [0.3, 0.4) is 0 Å². The smallest absolute Gasteiger partial charge is 0.406 e. The van der Waals surface area contributed by atoms with Gasteiger partial charge >= 0.3 is 6.18 Å². The van der Waals surface area contributed by atoms with Crippen molar-refractivity contribution >= 4 is 32.1 Å². The summed E-state index contributed by atoms with van der Waals surface area (Å²) in [7, 11) is -1.76. The van der Waals surface area contributed by atoms with Crippen LogP contribution < -0.4 is 15.4 Å². The Hall–Kier alpha value is -3.40. The molecule has 2 saturated heterocycles. The first kappa shape index (κ1) is 30.6. The van der Waals surface area contributed by atoms with Crippen molar-refractivity contribution in [3.63, 3.8) is 0 Å². The van der Waals surface area contributed by atoms with Crippen LogP contribution >= 0.6 is 0 Å². The third kappa shape index (κ3) is 6.50. The van der Waals surface area contributed by atoms with Crippen LogP contribution in [-0.4, -0.2) is 82.4 Å². The minimum Gasteiger partial charge on any atom is -0.479 e. The lowest BCUT2D eigenvalue weighted by molar-refractivity contribution is -0.200. The van der Waals surface area contributed by atoms with E-state index in [4.69, 9.17) is 9.47 Å². The number of aromatic nitrogens is 1. The molecule has 2 N–H and O–H groups in total. The van der Waals surface area contributed by atoms with Gasteiger partial charge in [-0.05, 0) is 68.0 Å². The van der Waals surface area contributed by atoms with E-state index < -0.39 is 22.6 Å².